The van der Waals surface area contributed by atoms with E-state index in [1.54, 1.807) is 7.11 Å². The molecule has 3 aromatic rings. The Balaban J connectivity index is 1.50. The number of hydrogen-bond acceptors (Lipinski definition) is 6. The molecule has 0 N–H and O–H groups in total. The number of benzene rings is 1. The Labute approximate surface area is 200 Å². The summed E-state index contributed by atoms with van der Waals surface area (Å²) in [4.78, 5) is 26.0. The standard InChI is InChI=1S/C27H29N5O2/c1-18-17-31(11-12-32(18)25(33)9-13-34-2)27-21(15-28)14-24(26(30-27)19-6-7-19)23-5-3-4-20-16-29-10-8-22(20)23/h3-5,8,10,14,16,18-19H,6-7,9,11-13,17H2,1-2H3/t18-/m1/s1. The van der Waals surface area contributed by atoms with Crippen LogP contribution in [0.5, 0.6) is 0 Å². The van der Waals surface area contributed by atoms with Crippen LogP contribution in [0.3, 0.4) is 0 Å². The first kappa shape index (κ1) is 22.3. The molecule has 0 spiro atoms. The van der Waals surface area contributed by atoms with Crippen LogP contribution >= 0.6 is 0 Å². The number of nitrogens with zero attached hydrogens (tertiary/aromatic N) is 5. The lowest BCUT2D eigenvalue weighted by atomic mass is 9.95. The van der Waals surface area contributed by atoms with Crippen molar-refractivity contribution in [2.24, 2.45) is 0 Å². The third-order valence-corrected chi connectivity index (χ3v) is 6.85. The van der Waals surface area contributed by atoms with E-state index in [0.717, 1.165) is 46.3 Å². The number of pyridine rings is 2. The second-order valence-corrected chi connectivity index (χ2v) is 9.21. The predicted molar refractivity (Wildman–Crippen MR) is 132 cm³/mol. The van der Waals surface area contributed by atoms with Gasteiger partial charge in [0.1, 0.15) is 11.9 Å². The Kier molecular flexibility index (Phi) is 6.16. The van der Waals surface area contributed by atoms with Gasteiger partial charge in [0, 0.05) is 62.0 Å². The molecule has 7 nitrogen and oxygen atoms in total. The third kappa shape index (κ3) is 4.22. The molecule has 3 heterocycles. The highest BCUT2D eigenvalue weighted by Crippen LogP contribution is 2.46. The number of piperazine rings is 1. The molecule has 5 rings (SSSR count). The number of amides is 1. The molecule has 1 aliphatic heterocycles. The van der Waals surface area contributed by atoms with E-state index in [9.17, 15) is 10.1 Å². The van der Waals surface area contributed by atoms with Gasteiger partial charge < -0.3 is 14.5 Å². The molecular formula is C27H29N5O2. The monoisotopic (exact) mass is 455 g/mol. The summed E-state index contributed by atoms with van der Waals surface area (Å²) in [6, 6.07) is 12.7. The number of carbonyl (C=O) groups excluding carboxylic acids is 1. The first-order valence-corrected chi connectivity index (χ1v) is 11.9. The molecule has 1 saturated carbocycles. The van der Waals surface area contributed by atoms with Crippen molar-refractivity contribution in [3.8, 4) is 17.2 Å². The lowest BCUT2D eigenvalue weighted by Crippen LogP contribution is -2.54. The SMILES string of the molecule is COCCC(=O)N1CCN(c2nc(C3CC3)c(-c3cccc4cnccc34)cc2C#N)C[C@H]1C. The van der Waals surface area contributed by atoms with Gasteiger partial charge in [0.25, 0.3) is 0 Å². The number of nitriles is 1. The van der Waals surface area contributed by atoms with Gasteiger partial charge in [0.15, 0.2) is 0 Å². The van der Waals surface area contributed by atoms with Crippen molar-refractivity contribution in [3.63, 3.8) is 0 Å². The lowest BCUT2D eigenvalue weighted by Gasteiger charge is -2.41. The van der Waals surface area contributed by atoms with E-state index in [2.05, 4.69) is 35.0 Å². The highest BCUT2D eigenvalue weighted by Gasteiger charge is 2.33. The van der Waals surface area contributed by atoms with Gasteiger partial charge in [-0.3, -0.25) is 9.78 Å². The summed E-state index contributed by atoms with van der Waals surface area (Å²) in [6.07, 6.45) is 6.32. The van der Waals surface area contributed by atoms with Gasteiger partial charge in [-0.2, -0.15) is 5.26 Å². The van der Waals surface area contributed by atoms with Crippen LogP contribution in [0.2, 0.25) is 0 Å². The summed E-state index contributed by atoms with van der Waals surface area (Å²) in [5, 5.41) is 12.3. The zero-order chi connectivity index (χ0) is 23.7. The van der Waals surface area contributed by atoms with E-state index in [1.807, 2.05) is 35.5 Å². The molecule has 34 heavy (non-hydrogen) atoms. The molecule has 0 unspecified atom stereocenters. The zero-order valence-electron chi connectivity index (χ0n) is 19.7. The Hall–Kier alpha value is -3.50. The minimum atomic E-state index is 0.0427. The van der Waals surface area contributed by atoms with E-state index < -0.39 is 0 Å². The van der Waals surface area contributed by atoms with Gasteiger partial charge in [-0.1, -0.05) is 18.2 Å². The maximum atomic E-state index is 12.5. The Bertz CT molecular complexity index is 1260. The Morgan fingerprint density at radius 2 is 2.09 bits per heavy atom. The fourth-order valence-corrected chi connectivity index (χ4v) is 4.94. The average molecular weight is 456 g/mol. The fourth-order valence-electron chi connectivity index (χ4n) is 4.94. The van der Waals surface area contributed by atoms with Gasteiger partial charge in [0.05, 0.1) is 24.3 Å². The van der Waals surface area contributed by atoms with Crippen LogP contribution in [0, 0.1) is 11.3 Å². The second-order valence-electron chi connectivity index (χ2n) is 9.21. The molecular weight excluding hydrogens is 426 g/mol. The van der Waals surface area contributed by atoms with Crippen molar-refractivity contribution >= 4 is 22.5 Å². The third-order valence-electron chi connectivity index (χ3n) is 6.85. The van der Waals surface area contributed by atoms with Crippen LogP contribution in [-0.4, -0.2) is 60.2 Å². The molecule has 174 valence electrons. The molecule has 7 heteroatoms. The summed E-state index contributed by atoms with van der Waals surface area (Å²) in [5.41, 5.74) is 3.79. The lowest BCUT2D eigenvalue weighted by molar-refractivity contribution is -0.134. The molecule has 1 saturated heterocycles. The van der Waals surface area contributed by atoms with Crippen LogP contribution in [0.1, 0.15) is 43.4 Å². The van der Waals surface area contributed by atoms with Crippen molar-refractivity contribution in [1.29, 1.82) is 5.26 Å². The normalized spacial score (nSPS) is 18.2. The summed E-state index contributed by atoms with van der Waals surface area (Å²) in [7, 11) is 1.61. The minimum absolute atomic E-state index is 0.0427. The number of hydrogen-bond donors (Lipinski definition) is 0. The number of methoxy groups -OCH3 is 1. The molecule has 1 aromatic carbocycles. The Morgan fingerprint density at radius 3 is 2.82 bits per heavy atom. The topological polar surface area (TPSA) is 82.3 Å². The maximum Gasteiger partial charge on any atom is 0.225 e. The van der Waals surface area contributed by atoms with Crippen molar-refractivity contribution in [2.45, 2.75) is 38.1 Å². The van der Waals surface area contributed by atoms with Crippen LogP contribution in [-0.2, 0) is 9.53 Å². The van der Waals surface area contributed by atoms with Crippen molar-refractivity contribution in [2.75, 3.05) is 38.3 Å². The first-order valence-electron chi connectivity index (χ1n) is 11.9. The number of anilines is 1. The molecule has 2 aromatic heterocycles. The summed E-state index contributed by atoms with van der Waals surface area (Å²) in [5.74, 6) is 1.28. The smallest absolute Gasteiger partial charge is 0.225 e. The van der Waals surface area contributed by atoms with E-state index in [1.165, 1.54) is 0 Å². The minimum Gasteiger partial charge on any atom is -0.384 e. The zero-order valence-corrected chi connectivity index (χ0v) is 19.7. The first-order chi connectivity index (χ1) is 16.6. The van der Waals surface area contributed by atoms with Gasteiger partial charge in [0.2, 0.25) is 5.91 Å². The number of rotatable bonds is 6. The number of fused-ring (bicyclic) bond motifs is 1. The van der Waals surface area contributed by atoms with Crippen molar-refractivity contribution in [3.05, 3.63) is 54.0 Å². The largest absolute Gasteiger partial charge is 0.384 e. The van der Waals surface area contributed by atoms with E-state index >= 15 is 0 Å². The maximum absolute atomic E-state index is 12.5. The van der Waals surface area contributed by atoms with Crippen LogP contribution in [0.4, 0.5) is 5.82 Å². The highest BCUT2D eigenvalue weighted by molar-refractivity contribution is 5.97. The van der Waals surface area contributed by atoms with E-state index in [-0.39, 0.29) is 11.9 Å². The van der Waals surface area contributed by atoms with E-state index in [0.29, 0.717) is 44.1 Å². The van der Waals surface area contributed by atoms with Gasteiger partial charge in [-0.15, -0.1) is 0 Å². The average Bonchev–Trinajstić information content (AvgIpc) is 3.71. The fraction of sp³-hybridized carbons (Fsp3) is 0.407. The molecule has 1 amide bonds. The van der Waals surface area contributed by atoms with Gasteiger partial charge in [-0.05, 0) is 42.8 Å². The van der Waals surface area contributed by atoms with Gasteiger partial charge in [-0.25, -0.2) is 4.98 Å². The van der Waals surface area contributed by atoms with E-state index in [4.69, 9.17) is 9.72 Å². The van der Waals surface area contributed by atoms with Gasteiger partial charge >= 0.3 is 0 Å². The molecule has 1 aliphatic carbocycles. The predicted octanol–water partition coefficient (Wildman–Crippen LogP) is 4.12. The van der Waals surface area contributed by atoms with Crippen LogP contribution in [0.25, 0.3) is 21.9 Å². The summed E-state index contributed by atoms with van der Waals surface area (Å²) >= 11 is 0. The molecule has 2 aliphatic rings. The molecule has 1 atom stereocenters. The van der Waals surface area contributed by atoms with Crippen LogP contribution in [0.15, 0.2) is 42.7 Å². The highest BCUT2D eigenvalue weighted by atomic mass is 16.5. The summed E-state index contributed by atoms with van der Waals surface area (Å²) in [6.45, 7) is 4.43. The molecule has 2 fully saturated rings. The number of ether oxygens (including phenoxy) is 1. The van der Waals surface area contributed by atoms with Crippen LogP contribution < -0.4 is 4.90 Å². The number of carbonyl (C=O) groups is 1. The van der Waals surface area contributed by atoms with Crippen molar-refractivity contribution < 1.29 is 9.53 Å². The quantitative estimate of drug-likeness (QED) is 0.556. The second kappa shape index (κ2) is 9.40. The molecule has 0 bridgehead atoms. The van der Waals surface area contributed by atoms with Crippen molar-refractivity contribution in [1.82, 2.24) is 14.9 Å². The number of aromatic nitrogens is 2. The summed E-state index contributed by atoms with van der Waals surface area (Å²) < 4.78 is 5.07. The Morgan fingerprint density at radius 1 is 1.24 bits per heavy atom. The molecule has 0 radical (unpaired) electrons.